The summed E-state index contributed by atoms with van der Waals surface area (Å²) in [5, 5.41) is 2.93. The Morgan fingerprint density at radius 2 is 1.57 bits per heavy atom. The van der Waals surface area contributed by atoms with Gasteiger partial charge in [0.2, 0.25) is 17.9 Å². The molecule has 0 aliphatic rings. The van der Waals surface area contributed by atoms with Gasteiger partial charge in [0.15, 0.2) is 0 Å². The first-order chi connectivity index (χ1) is 13.7. The molecular weight excluding hydrogens is 380 g/mol. The van der Waals surface area contributed by atoms with Crippen LogP contribution in [0.4, 0.5) is 17.1 Å². The van der Waals surface area contributed by atoms with Crippen molar-refractivity contribution in [3.05, 3.63) is 18.2 Å². The van der Waals surface area contributed by atoms with Crippen molar-refractivity contribution in [2.75, 3.05) is 17.6 Å². The average molecular weight is 417 g/mol. The van der Waals surface area contributed by atoms with Gasteiger partial charge in [-0.1, -0.05) is 41.5 Å². The second kappa shape index (κ2) is 9.95. The number of nitrogens with two attached hydrogens (primary N) is 5. The molecule has 0 radical (unpaired) electrons. The molecule has 11 N–H and O–H groups in total. The number of hydrogen-bond acceptors (Lipinski definition) is 3. The van der Waals surface area contributed by atoms with Gasteiger partial charge in [-0.25, -0.2) is 9.98 Å². The van der Waals surface area contributed by atoms with E-state index in [0.29, 0.717) is 29.4 Å². The highest BCUT2D eigenvalue weighted by atomic mass is 15.2. The number of aliphatic imine (C=N–C) groups is 4. The van der Waals surface area contributed by atoms with Crippen molar-refractivity contribution in [1.29, 1.82) is 0 Å². The summed E-state index contributed by atoms with van der Waals surface area (Å²) in [7, 11) is 0. The molecule has 10 heteroatoms. The van der Waals surface area contributed by atoms with Gasteiger partial charge < -0.3 is 34.0 Å². The van der Waals surface area contributed by atoms with Crippen molar-refractivity contribution in [3.8, 4) is 0 Å². The van der Waals surface area contributed by atoms with Crippen molar-refractivity contribution in [2.24, 2.45) is 53.7 Å². The third-order valence-electron chi connectivity index (χ3n) is 3.91. The molecule has 0 atom stereocenters. The van der Waals surface area contributed by atoms with Crippen molar-refractivity contribution in [2.45, 2.75) is 48.0 Å². The lowest BCUT2D eigenvalue weighted by atomic mass is 9.93. The third kappa shape index (κ3) is 9.26. The molecule has 1 aromatic carbocycles. The molecule has 0 aliphatic carbocycles. The number of nitrogen functional groups attached to an aromatic ring is 1. The van der Waals surface area contributed by atoms with Crippen molar-refractivity contribution in [1.82, 2.24) is 0 Å². The Labute approximate surface area is 178 Å². The fourth-order valence-electron chi connectivity index (χ4n) is 2.00. The second-order valence-corrected chi connectivity index (χ2v) is 9.16. The molecule has 0 spiro atoms. The van der Waals surface area contributed by atoms with E-state index >= 15 is 0 Å². The standard InChI is InChI=1S/C20H36N10/c1-19(2,3)9-10-26-16(23)30-17(24)27-12-7-8-13(21)14(11-12)28-18(25)29-15(22)20(4,5)6/h7-8,11H,9-10,21H2,1-6H3,(H4,22,25,28,29)(H5,23,24,26,27,30). The highest BCUT2D eigenvalue weighted by Gasteiger charge is 2.16. The molecule has 0 bridgehead atoms. The molecule has 0 saturated heterocycles. The summed E-state index contributed by atoms with van der Waals surface area (Å²) in [4.78, 5) is 16.6. The van der Waals surface area contributed by atoms with Gasteiger partial charge >= 0.3 is 0 Å². The Balaban J connectivity index is 2.96. The average Bonchev–Trinajstić information content (AvgIpc) is 2.55. The van der Waals surface area contributed by atoms with E-state index in [-0.39, 0.29) is 28.7 Å². The summed E-state index contributed by atoms with van der Waals surface area (Å²) < 4.78 is 0. The van der Waals surface area contributed by atoms with E-state index in [0.717, 1.165) is 6.42 Å². The fraction of sp³-hybridized carbons (Fsp3) is 0.500. The maximum atomic E-state index is 5.99. The van der Waals surface area contributed by atoms with Crippen LogP contribution in [-0.2, 0) is 0 Å². The van der Waals surface area contributed by atoms with E-state index in [9.17, 15) is 0 Å². The van der Waals surface area contributed by atoms with Gasteiger partial charge in [-0.15, -0.1) is 0 Å². The van der Waals surface area contributed by atoms with Gasteiger partial charge in [0, 0.05) is 17.6 Å². The molecule has 0 aromatic heterocycles. The van der Waals surface area contributed by atoms with Crippen LogP contribution in [0.5, 0.6) is 0 Å². The lowest BCUT2D eigenvalue weighted by Gasteiger charge is -2.16. The number of amidine groups is 1. The van der Waals surface area contributed by atoms with E-state index in [1.165, 1.54) is 0 Å². The summed E-state index contributed by atoms with van der Waals surface area (Å²) in [6.45, 7) is 12.8. The Hall–Kier alpha value is -3.30. The third-order valence-corrected chi connectivity index (χ3v) is 3.91. The topological polar surface area (TPSA) is 192 Å². The van der Waals surface area contributed by atoms with Crippen LogP contribution in [0.25, 0.3) is 0 Å². The summed E-state index contributed by atoms with van der Waals surface area (Å²) in [6.07, 6.45) is 0.888. The Kier molecular flexibility index (Phi) is 8.20. The van der Waals surface area contributed by atoms with Gasteiger partial charge in [0.05, 0.1) is 11.4 Å². The minimum atomic E-state index is -0.325. The number of nitrogens with zero attached hydrogens (tertiary/aromatic N) is 4. The van der Waals surface area contributed by atoms with Gasteiger partial charge in [-0.3, -0.25) is 4.99 Å². The van der Waals surface area contributed by atoms with Gasteiger partial charge in [-0.2, -0.15) is 4.99 Å². The van der Waals surface area contributed by atoms with Crippen LogP contribution in [0.2, 0.25) is 0 Å². The molecule has 0 heterocycles. The number of benzene rings is 1. The molecule has 166 valence electrons. The summed E-state index contributed by atoms with van der Waals surface area (Å²) >= 11 is 0. The Morgan fingerprint density at radius 1 is 0.933 bits per heavy atom. The van der Waals surface area contributed by atoms with Crippen LogP contribution < -0.4 is 34.0 Å². The maximum Gasteiger partial charge on any atom is 0.222 e. The second-order valence-electron chi connectivity index (χ2n) is 9.16. The SMILES string of the molecule is CC(C)(C)CCN=C(N)N=C(N)Nc1ccc(N)c(N=C(N)N=C(N)C(C)(C)C)c1. The Bertz CT molecular complexity index is 851. The van der Waals surface area contributed by atoms with E-state index in [1.807, 2.05) is 20.8 Å². The maximum absolute atomic E-state index is 5.99. The summed E-state index contributed by atoms with van der Waals surface area (Å²) in [5.74, 6) is 0.571. The number of hydrogen-bond donors (Lipinski definition) is 6. The molecule has 0 fully saturated rings. The molecular formula is C20H36N10. The fourth-order valence-corrected chi connectivity index (χ4v) is 2.00. The van der Waals surface area contributed by atoms with Gasteiger partial charge in [-0.05, 0) is 30.0 Å². The molecule has 0 aliphatic heterocycles. The number of nitrogens with one attached hydrogen (secondary N) is 1. The summed E-state index contributed by atoms with van der Waals surface area (Å²) in [6, 6.07) is 5.06. The highest BCUT2D eigenvalue weighted by Crippen LogP contribution is 2.26. The number of guanidine groups is 3. The lowest BCUT2D eigenvalue weighted by molar-refractivity contribution is 0.385. The van der Waals surface area contributed by atoms with E-state index in [1.54, 1.807) is 18.2 Å². The summed E-state index contributed by atoms with van der Waals surface area (Å²) in [5.41, 5.74) is 30.8. The number of anilines is 2. The minimum absolute atomic E-state index is 0.00291. The largest absolute Gasteiger partial charge is 0.397 e. The number of rotatable bonds is 4. The highest BCUT2D eigenvalue weighted by molar-refractivity contribution is 6.01. The van der Waals surface area contributed by atoms with Crippen molar-refractivity contribution in [3.63, 3.8) is 0 Å². The zero-order chi connectivity index (χ0) is 23.1. The molecule has 1 rings (SSSR count). The minimum Gasteiger partial charge on any atom is -0.397 e. The zero-order valence-electron chi connectivity index (χ0n) is 18.8. The molecule has 0 unspecified atom stereocenters. The Morgan fingerprint density at radius 3 is 2.13 bits per heavy atom. The van der Waals surface area contributed by atoms with Crippen LogP contribution >= 0.6 is 0 Å². The molecule has 10 nitrogen and oxygen atoms in total. The van der Waals surface area contributed by atoms with Crippen LogP contribution in [0, 0.1) is 10.8 Å². The molecule has 1 aromatic rings. The van der Waals surface area contributed by atoms with Crippen LogP contribution in [-0.4, -0.2) is 30.3 Å². The first-order valence-corrected chi connectivity index (χ1v) is 9.67. The van der Waals surface area contributed by atoms with Gasteiger partial charge in [0.25, 0.3) is 0 Å². The van der Waals surface area contributed by atoms with E-state index in [4.69, 9.17) is 28.7 Å². The van der Waals surface area contributed by atoms with Crippen LogP contribution in [0.1, 0.15) is 48.0 Å². The lowest BCUT2D eigenvalue weighted by Crippen LogP contribution is -2.31. The monoisotopic (exact) mass is 416 g/mol. The van der Waals surface area contributed by atoms with Crippen molar-refractivity contribution < 1.29 is 0 Å². The van der Waals surface area contributed by atoms with Crippen LogP contribution in [0.3, 0.4) is 0 Å². The van der Waals surface area contributed by atoms with Crippen molar-refractivity contribution >= 4 is 40.8 Å². The normalized spacial score (nSPS) is 14.7. The smallest absolute Gasteiger partial charge is 0.222 e. The van der Waals surface area contributed by atoms with E-state index < -0.39 is 0 Å². The predicted octanol–water partition coefficient (Wildman–Crippen LogP) is 2.10. The van der Waals surface area contributed by atoms with Crippen LogP contribution in [0.15, 0.2) is 38.2 Å². The predicted molar refractivity (Wildman–Crippen MR) is 129 cm³/mol. The van der Waals surface area contributed by atoms with E-state index in [2.05, 4.69) is 46.1 Å². The zero-order valence-corrected chi connectivity index (χ0v) is 18.8. The molecule has 30 heavy (non-hydrogen) atoms. The van der Waals surface area contributed by atoms with Gasteiger partial charge in [0.1, 0.15) is 5.84 Å². The molecule has 0 saturated carbocycles. The first kappa shape index (κ1) is 24.7. The molecule has 0 amide bonds. The first-order valence-electron chi connectivity index (χ1n) is 9.67. The quantitative estimate of drug-likeness (QED) is 0.247.